The second kappa shape index (κ2) is 5.34. The fourth-order valence-electron chi connectivity index (χ4n) is 2.68. The Labute approximate surface area is 103 Å². The van der Waals surface area contributed by atoms with E-state index >= 15 is 0 Å². The van der Waals surface area contributed by atoms with E-state index in [2.05, 4.69) is 5.32 Å². The average Bonchev–Trinajstić information content (AvgIpc) is 2.40. The Kier molecular flexibility index (Phi) is 4.02. The Balaban J connectivity index is 1.85. The number of halogens is 1. The summed E-state index contributed by atoms with van der Waals surface area (Å²) >= 11 is 0. The molecule has 0 aromatic rings. The summed E-state index contributed by atoms with van der Waals surface area (Å²) in [6.07, 6.45) is 4.85. The fourth-order valence-corrected chi connectivity index (χ4v) is 2.68. The van der Waals surface area contributed by atoms with Crippen LogP contribution in [-0.4, -0.2) is 43.2 Å². The van der Waals surface area contributed by atoms with Gasteiger partial charge in [0.25, 0.3) is 0 Å². The molecule has 0 aliphatic carbocycles. The van der Waals surface area contributed by atoms with Gasteiger partial charge in [-0.05, 0) is 37.6 Å². The summed E-state index contributed by atoms with van der Waals surface area (Å²) < 4.78 is 12.8. The fraction of sp³-hybridized carbons (Fsp3) is 0.923. The SMILES string of the molecule is CC1(CF)CCN(C(=O)[C@@H]2CCCCN2)CC1. The first-order chi connectivity index (χ1) is 8.14. The van der Waals surface area contributed by atoms with Crippen LogP contribution in [0, 0.1) is 5.41 Å². The number of nitrogens with zero attached hydrogens (tertiary/aromatic N) is 1. The van der Waals surface area contributed by atoms with Gasteiger partial charge < -0.3 is 10.2 Å². The number of amides is 1. The third kappa shape index (κ3) is 2.97. The van der Waals surface area contributed by atoms with Crippen LogP contribution in [0.1, 0.15) is 39.0 Å². The lowest BCUT2D eigenvalue weighted by atomic mass is 9.81. The van der Waals surface area contributed by atoms with E-state index in [-0.39, 0.29) is 24.0 Å². The van der Waals surface area contributed by atoms with Crippen molar-refractivity contribution < 1.29 is 9.18 Å². The highest BCUT2D eigenvalue weighted by Gasteiger charge is 2.34. The molecule has 2 saturated heterocycles. The molecule has 2 rings (SSSR count). The first kappa shape index (κ1) is 12.8. The highest BCUT2D eigenvalue weighted by Crippen LogP contribution is 2.31. The third-order valence-corrected chi connectivity index (χ3v) is 4.21. The maximum absolute atomic E-state index is 12.8. The number of carbonyl (C=O) groups is 1. The van der Waals surface area contributed by atoms with Gasteiger partial charge >= 0.3 is 0 Å². The first-order valence-corrected chi connectivity index (χ1v) is 6.73. The zero-order valence-corrected chi connectivity index (χ0v) is 10.7. The monoisotopic (exact) mass is 242 g/mol. The van der Waals surface area contributed by atoms with Crippen molar-refractivity contribution in [3.05, 3.63) is 0 Å². The Morgan fingerprint density at radius 1 is 1.41 bits per heavy atom. The Morgan fingerprint density at radius 3 is 2.65 bits per heavy atom. The van der Waals surface area contributed by atoms with Crippen LogP contribution in [-0.2, 0) is 4.79 Å². The van der Waals surface area contributed by atoms with Gasteiger partial charge in [-0.25, -0.2) is 0 Å². The van der Waals surface area contributed by atoms with Crippen LogP contribution in [0.5, 0.6) is 0 Å². The van der Waals surface area contributed by atoms with Crippen molar-refractivity contribution in [2.75, 3.05) is 26.3 Å². The first-order valence-electron chi connectivity index (χ1n) is 6.73. The van der Waals surface area contributed by atoms with E-state index in [9.17, 15) is 9.18 Å². The van der Waals surface area contributed by atoms with E-state index in [4.69, 9.17) is 0 Å². The van der Waals surface area contributed by atoms with Crippen LogP contribution < -0.4 is 5.32 Å². The quantitative estimate of drug-likeness (QED) is 0.800. The van der Waals surface area contributed by atoms with Gasteiger partial charge in [-0.1, -0.05) is 13.3 Å². The van der Waals surface area contributed by atoms with Gasteiger partial charge in [0.1, 0.15) is 0 Å². The molecule has 3 nitrogen and oxygen atoms in total. The van der Waals surface area contributed by atoms with Crippen molar-refractivity contribution in [2.24, 2.45) is 5.41 Å². The molecule has 0 bridgehead atoms. The summed E-state index contributed by atoms with van der Waals surface area (Å²) in [7, 11) is 0. The lowest BCUT2D eigenvalue weighted by Gasteiger charge is -2.39. The molecule has 2 fully saturated rings. The molecule has 2 heterocycles. The number of alkyl halides is 1. The van der Waals surface area contributed by atoms with Gasteiger partial charge in [0.05, 0.1) is 12.7 Å². The van der Waals surface area contributed by atoms with Crippen LogP contribution in [0.3, 0.4) is 0 Å². The maximum Gasteiger partial charge on any atom is 0.239 e. The number of carbonyl (C=O) groups excluding carboxylic acids is 1. The molecule has 0 unspecified atom stereocenters. The van der Waals surface area contributed by atoms with Gasteiger partial charge in [0.2, 0.25) is 5.91 Å². The Morgan fingerprint density at radius 2 is 2.12 bits per heavy atom. The molecule has 4 heteroatoms. The minimum Gasteiger partial charge on any atom is -0.341 e. The molecular formula is C13H23FN2O. The van der Waals surface area contributed by atoms with Crippen LogP contribution in [0.2, 0.25) is 0 Å². The second-order valence-corrected chi connectivity index (χ2v) is 5.77. The number of nitrogens with one attached hydrogen (secondary N) is 1. The van der Waals surface area contributed by atoms with Crippen LogP contribution in [0.25, 0.3) is 0 Å². The second-order valence-electron chi connectivity index (χ2n) is 5.77. The van der Waals surface area contributed by atoms with Crippen molar-refractivity contribution in [2.45, 2.75) is 45.1 Å². The van der Waals surface area contributed by atoms with E-state index in [1.807, 2.05) is 11.8 Å². The normalized spacial score (nSPS) is 29.1. The molecule has 2 aliphatic rings. The van der Waals surface area contributed by atoms with E-state index in [1.54, 1.807) is 0 Å². The van der Waals surface area contributed by atoms with Crippen molar-refractivity contribution in [1.82, 2.24) is 10.2 Å². The van der Waals surface area contributed by atoms with Crippen LogP contribution in [0.4, 0.5) is 4.39 Å². The molecule has 98 valence electrons. The van der Waals surface area contributed by atoms with E-state index in [0.717, 1.165) is 45.3 Å². The van der Waals surface area contributed by atoms with Gasteiger partial charge in [-0.3, -0.25) is 9.18 Å². The maximum atomic E-state index is 12.8. The van der Waals surface area contributed by atoms with Gasteiger partial charge in [0.15, 0.2) is 0 Å². The summed E-state index contributed by atoms with van der Waals surface area (Å²) in [6, 6.07) is 0.0125. The number of hydrogen-bond donors (Lipinski definition) is 1. The molecule has 17 heavy (non-hydrogen) atoms. The summed E-state index contributed by atoms with van der Waals surface area (Å²) in [6.45, 7) is 4.10. The van der Waals surface area contributed by atoms with Crippen molar-refractivity contribution in [3.63, 3.8) is 0 Å². The van der Waals surface area contributed by atoms with Crippen molar-refractivity contribution >= 4 is 5.91 Å². The number of piperidine rings is 2. The molecule has 1 N–H and O–H groups in total. The molecule has 2 aliphatic heterocycles. The molecule has 0 saturated carbocycles. The van der Waals surface area contributed by atoms with Gasteiger partial charge in [-0.2, -0.15) is 0 Å². The zero-order valence-electron chi connectivity index (χ0n) is 10.7. The highest BCUT2D eigenvalue weighted by molar-refractivity contribution is 5.82. The van der Waals surface area contributed by atoms with E-state index in [0.29, 0.717) is 0 Å². The lowest BCUT2D eigenvalue weighted by Crippen LogP contribution is -2.52. The van der Waals surface area contributed by atoms with Gasteiger partial charge in [0, 0.05) is 13.1 Å². The van der Waals surface area contributed by atoms with E-state index in [1.165, 1.54) is 6.42 Å². The van der Waals surface area contributed by atoms with Crippen molar-refractivity contribution in [1.29, 1.82) is 0 Å². The highest BCUT2D eigenvalue weighted by atomic mass is 19.1. The third-order valence-electron chi connectivity index (χ3n) is 4.21. The number of likely N-dealkylation sites (tertiary alicyclic amines) is 1. The summed E-state index contributed by atoms with van der Waals surface area (Å²) in [5, 5.41) is 3.29. The summed E-state index contributed by atoms with van der Waals surface area (Å²) in [5.41, 5.74) is -0.198. The van der Waals surface area contributed by atoms with Crippen molar-refractivity contribution in [3.8, 4) is 0 Å². The number of rotatable bonds is 2. The van der Waals surface area contributed by atoms with Crippen LogP contribution >= 0.6 is 0 Å². The molecule has 0 aromatic heterocycles. The molecule has 0 spiro atoms. The Bertz CT molecular complexity index is 269. The molecule has 1 amide bonds. The number of hydrogen-bond acceptors (Lipinski definition) is 2. The minimum atomic E-state index is -0.267. The van der Waals surface area contributed by atoms with Crippen LogP contribution in [0.15, 0.2) is 0 Å². The predicted molar refractivity (Wildman–Crippen MR) is 65.5 cm³/mol. The minimum absolute atomic E-state index is 0.0125. The molecule has 0 aromatic carbocycles. The predicted octanol–water partition coefficient (Wildman–Crippen LogP) is 1.73. The smallest absolute Gasteiger partial charge is 0.239 e. The molecular weight excluding hydrogens is 219 g/mol. The molecule has 0 radical (unpaired) electrons. The summed E-state index contributed by atoms with van der Waals surface area (Å²) in [5.74, 6) is 0.227. The average molecular weight is 242 g/mol. The zero-order chi connectivity index (χ0) is 12.3. The Hall–Kier alpha value is -0.640. The topological polar surface area (TPSA) is 32.3 Å². The largest absolute Gasteiger partial charge is 0.341 e. The lowest BCUT2D eigenvalue weighted by molar-refractivity contribution is -0.136. The standard InChI is InChI=1S/C13H23FN2O/c1-13(10-14)5-8-16(9-6-13)12(17)11-4-2-3-7-15-11/h11,15H,2-10H2,1H3/t11-/m0/s1. The van der Waals surface area contributed by atoms with Gasteiger partial charge in [-0.15, -0.1) is 0 Å². The summed E-state index contributed by atoms with van der Waals surface area (Å²) in [4.78, 5) is 14.1. The molecule has 1 atom stereocenters. The van der Waals surface area contributed by atoms with E-state index < -0.39 is 0 Å².